The summed E-state index contributed by atoms with van der Waals surface area (Å²) in [6.45, 7) is -2.88. The summed E-state index contributed by atoms with van der Waals surface area (Å²) in [6.07, 6.45) is 2.84. The fourth-order valence-corrected chi connectivity index (χ4v) is 2.34. The van der Waals surface area contributed by atoms with Crippen LogP contribution in [-0.4, -0.2) is 12.5 Å². The number of nitrogens with zero attached hydrogens (tertiary/aromatic N) is 1. The van der Waals surface area contributed by atoms with Gasteiger partial charge in [-0.05, 0) is 37.1 Å². The second-order valence-electron chi connectivity index (χ2n) is 4.76. The topological polar surface area (TPSA) is 62.1 Å². The number of rotatable bonds is 4. The molecule has 1 amide bonds. The van der Waals surface area contributed by atoms with Crippen LogP contribution in [0.15, 0.2) is 24.3 Å². The maximum absolute atomic E-state index is 12.1. The van der Waals surface area contributed by atoms with Crippen LogP contribution in [0.5, 0.6) is 5.75 Å². The first-order valence-electron chi connectivity index (χ1n) is 6.33. The van der Waals surface area contributed by atoms with Crippen molar-refractivity contribution in [1.82, 2.24) is 0 Å². The zero-order chi connectivity index (χ0) is 14.6. The van der Waals surface area contributed by atoms with Crippen molar-refractivity contribution in [3.63, 3.8) is 0 Å². The van der Waals surface area contributed by atoms with Crippen LogP contribution in [0.1, 0.15) is 25.7 Å². The Balaban J connectivity index is 2.03. The van der Waals surface area contributed by atoms with Crippen LogP contribution in [0.25, 0.3) is 0 Å². The number of hydrogen-bond acceptors (Lipinski definition) is 3. The molecule has 4 nitrogen and oxygen atoms in total. The number of carbonyl (C=O) groups is 1. The molecule has 1 aliphatic rings. The van der Waals surface area contributed by atoms with Crippen LogP contribution >= 0.6 is 0 Å². The monoisotopic (exact) mass is 280 g/mol. The highest BCUT2D eigenvalue weighted by Crippen LogP contribution is 2.38. The van der Waals surface area contributed by atoms with Gasteiger partial charge in [0.2, 0.25) is 5.91 Å². The molecular weight excluding hydrogens is 266 g/mol. The van der Waals surface area contributed by atoms with Crippen molar-refractivity contribution in [2.45, 2.75) is 32.3 Å². The SMILES string of the molecule is N#CC1(C(=O)Nc2ccc(OC(F)F)cc2)CCCC1. The molecule has 1 aliphatic carbocycles. The van der Waals surface area contributed by atoms with E-state index in [1.54, 1.807) is 0 Å². The number of nitriles is 1. The third kappa shape index (κ3) is 3.05. The summed E-state index contributed by atoms with van der Waals surface area (Å²) >= 11 is 0. The fraction of sp³-hybridized carbons (Fsp3) is 0.429. The van der Waals surface area contributed by atoms with Crippen molar-refractivity contribution in [3.05, 3.63) is 24.3 Å². The van der Waals surface area contributed by atoms with Gasteiger partial charge in [0.1, 0.15) is 11.2 Å². The minimum absolute atomic E-state index is 0.0221. The fourth-order valence-electron chi connectivity index (χ4n) is 2.34. The van der Waals surface area contributed by atoms with E-state index in [9.17, 15) is 18.8 Å². The Morgan fingerprint density at radius 2 is 1.90 bits per heavy atom. The van der Waals surface area contributed by atoms with Gasteiger partial charge in [0.25, 0.3) is 0 Å². The Morgan fingerprint density at radius 1 is 1.30 bits per heavy atom. The van der Waals surface area contributed by atoms with Gasteiger partial charge in [0, 0.05) is 5.69 Å². The van der Waals surface area contributed by atoms with Crippen molar-refractivity contribution in [3.8, 4) is 11.8 Å². The van der Waals surface area contributed by atoms with E-state index in [1.807, 2.05) is 0 Å². The summed E-state index contributed by atoms with van der Waals surface area (Å²) < 4.78 is 28.2. The first kappa shape index (κ1) is 14.3. The van der Waals surface area contributed by atoms with E-state index in [1.165, 1.54) is 24.3 Å². The van der Waals surface area contributed by atoms with Crippen LogP contribution in [-0.2, 0) is 4.79 Å². The predicted molar refractivity (Wildman–Crippen MR) is 68.2 cm³/mol. The molecule has 0 aromatic heterocycles. The van der Waals surface area contributed by atoms with E-state index < -0.39 is 12.0 Å². The van der Waals surface area contributed by atoms with Gasteiger partial charge in [-0.1, -0.05) is 12.8 Å². The van der Waals surface area contributed by atoms with E-state index in [4.69, 9.17) is 0 Å². The molecule has 0 saturated heterocycles. The van der Waals surface area contributed by atoms with Gasteiger partial charge >= 0.3 is 6.61 Å². The summed E-state index contributed by atoms with van der Waals surface area (Å²) in [5.74, 6) is -0.311. The normalized spacial score (nSPS) is 16.7. The molecule has 0 radical (unpaired) electrons. The smallest absolute Gasteiger partial charge is 0.387 e. The van der Waals surface area contributed by atoms with Gasteiger partial charge in [-0.3, -0.25) is 4.79 Å². The van der Waals surface area contributed by atoms with Crippen LogP contribution < -0.4 is 10.1 Å². The van der Waals surface area contributed by atoms with Gasteiger partial charge < -0.3 is 10.1 Å². The molecule has 106 valence electrons. The highest BCUT2D eigenvalue weighted by atomic mass is 19.3. The van der Waals surface area contributed by atoms with Crippen molar-refractivity contribution in [1.29, 1.82) is 5.26 Å². The standard InChI is InChI=1S/C14H14F2N2O2/c15-13(16)20-11-5-3-10(4-6-11)18-12(19)14(9-17)7-1-2-8-14/h3-6,13H,1-2,7-8H2,(H,18,19). The van der Waals surface area contributed by atoms with Gasteiger partial charge in [0.15, 0.2) is 0 Å². The second-order valence-corrected chi connectivity index (χ2v) is 4.76. The van der Waals surface area contributed by atoms with E-state index >= 15 is 0 Å². The summed E-state index contributed by atoms with van der Waals surface area (Å²) in [4.78, 5) is 12.1. The first-order chi connectivity index (χ1) is 9.55. The summed E-state index contributed by atoms with van der Waals surface area (Å²) in [5.41, 5.74) is -0.504. The van der Waals surface area contributed by atoms with Crippen molar-refractivity contribution in [2.24, 2.45) is 5.41 Å². The molecule has 0 unspecified atom stereocenters. The minimum atomic E-state index is -2.88. The quantitative estimate of drug-likeness (QED) is 0.920. The van der Waals surface area contributed by atoms with Crippen LogP contribution in [0, 0.1) is 16.7 Å². The predicted octanol–water partition coefficient (Wildman–Crippen LogP) is 3.31. The molecule has 1 fully saturated rings. The number of hydrogen-bond donors (Lipinski definition) is 1. The number of alkyl halides is 2. The third-order valence-electron chi connectivity index (χ3n) is 3.44. The lowest BCUT2D eigenvalue weighted by molar-refractivity contribution is -0.122. The molecule has 20 heavy (non-hydrogen) atoms. The molecule has 0 spiro atoms. The van der Waals surface area contributed by atoms with Crippen LogP contribution in [0.4, 0.5) is 14.5 Å². The van der Waals surface area contributed by atoms with Crippen molar-refractivity contribution in [2.75, 3.05) is 5.32 Å². The lowest BCUT2D eigenvalue weighted by atomic mass is 9.87. The lowest BCUT2D eigenvalue weighted by Crippen LogP contribution is -2.32. The Labute approximate surface area is 115 Å². The summed E-state index contributed by atoms with van der Waals surface area (Å²) in [7, 11) is 0. The average molecular weight is 280 g/mol. The summed E-state index contributed by atoms with van der Waals surface area (Å²) in [5, 5.41) is 11.8. The number of nitrogens with one attached hydrogen (secondary N) is 1. The Morgan fingerprint density at radius 3 is 2.40 bits per heavy atom. The Bertz CT molecular complexity index is 517. The van der Waals surface area contributed by atoms with Crippen LogP contribution in [0.2, 0.25) is 0 Å². The first-order valence-corrected chi connectivity index (χ1v) is 6.33. The third-order valence-corrected chi connectivity index (χ3v) is 3.44. The van der Waals surface area contributed by atoms with E-state index in [0.29, 0.717) is 18.5 Å². The van der Waals surface area contributed by atoms with E-state index in [-0.39, 0.29) is 11.7 Å². The maximum atomic E-state index is 12.1. The Hall–Kier alpha value is -2.16. The zero-order valence-electron chi connectivity index (χ0n) is 10.7. The van der Waals surface area contributed by atoms with Gasteiger partial charge in [-0.15, -0.1) is 0 Å². The molecule has 1 aromatic carbocycles. The van der Waals surface area contributed by atoms with Gasteiger partial charge in [-0.25, -0.2) is 0 Å². The highest BCUT2D eigenvalue weighted by Gasteiger charge is 2.41. The summed E-state index contributed by atoms with van der Waals surface area (Å²) in [6, 6.07) is 7.72. The molecule has 1 saturated carbocycles. The number of amides is 1. The van der Waals surface area contributed by atoms with E-state index in [0.717, 1.165) is 12.8 Å². The zero-order valence-corrected chi connectivity index (χ0v) is 10.7. The lowest BCUT2D eigenvalue weighted by Gasteiger charge is -2.19. The molecular formula is C14H14F2N2O2. The number of benzene rings is 1. The molecule has 6 heteroatoms. The number of ether oxygens (including phenoxy) is 1. The number of anilines is 1. The average Bonchev–Trinajstić information content (AvgIpc) is 2.90. The molecule has 0 bridgehead atoms. The molecule has 0 aliphatic heterocycles. The second kappa shape index (κ2) is 5.87. The molecule has 0 atom stereocenters. The van der Waals surface area contributed by atoms with Crippen LogP contribution in [0.3, 0.4) is 0 Å². The number of carbonyl (C=O) groups excluding carboxylic acids is 1. The molecule has 0 heterocycles. The molecule has 2 rings (SSSR count). The molecule has 1 aromatic rings. The Kier molecular flexibility index (Phi) is 4.18. The highest BCUT2D eigenvalue weighted by molar-refractivity contribution is 5.97. The van der Waals surface area contributed by atoms with Gasteiger partial charge in [0.05, 0.1) is 6.07 Å². The van der Waals surface area contributed by atoms with Crippen molar-refractivity contribution >= 4 is 11.6 Å². The largest absolute Gasteiger partial charge is 0.435 e. The van der Waals surface area contributed by atoms with Crippen molar-refractivity contribution < 1.29 is 18.3 Å². The minimum Gasteiger partial charge on any atom is -0.435 e. The molecule has 1 N–H and O–H groups in total. The maximum Gasteiger partial charge on any atom is 0.387 e. The number of halogens is 2. The van der Waals surface area contributed by atoms with Gasteiger partial charge in [-0.2, -0.15) is 14.0 Å². The van der Waals surface area contributed by atoms with E-state index in [2.05, 4.69) is 16.1 Å².